The van der Waals surface area contributed by atoms with Crippen LogP contribution in [0.2, 0.25) is 0 Å². The summed E-state index contributed by atoms with van der Waals surface area (Å²) in [7, 11) is 0. The van der Waals surface area contributed by atoms with Crippen molar-refractivity contribution in [2.24, 2.45) is 0 Å². The molecule has 1 amide bonds. The summed E-state index contributed by atoms with van der Waals surface area (Å²) in [4.78, 5) is 16.9. The van der Waals surface area contributed by atoms with Crippen LogP contribution in [-0.2, 0) is 11.3 Å². The molecule has 1 atom stereocenters. The van der Waals surface area contributed by atoms with E-state index >= 15 is 0 Å². The van der Waals surface area contributed by atoms with Crippen molar-refractivity contribution >= 4 is 17.2 Å². The summed E-state index contributed by atoms with van der Waals surface area (Å²) < 4.78 is 1.95. The van der Waals surface area contributed by atoms with Gasteiger partial charge in [-0.2, -0.15) is 0 Å². The Balaban J connectivity index is 1.78. The van der Waals surface area contributed by atoms with Crippen molar-refractivity contribution in [2.75, 3.05) is 0 Å². The maximum atomic E-state index is 12.2. The molecule has 4 nitrogen and oxygen atoms in total. The molecule has 5 heteroatoms. The van der Waals surface area contributed by atoms with Gasteiger partial charge < -0.3 is 9.88 Å². The van der Waals surface area contributed by atoms with E-state index in [4.69, 9.17) is 4.98 Å². The Morgan fingerprint density at radius 3 is 2.76 bits per heavy atom. The Morgan fingerprint density at radius 1 is 1.28 bits per heavy atom. The average Bonchev–Trinajstić information content (AvgIpc) is 3.24. The fourth-order valence-electron chi connectivity index (χ4n) is 2.57. The summed E-state index contributed by atoms with van der Waals surface area (Å²) in [5.41, 5.74) is 4.29. The number of rotatable bonds is 6. The molecular weight excluding hydrogens is 330 g/mol. The quantitative estimate of drug-likeness (QED) is 0.709. The van der Waals surface area contributed by atoms with Crippen LogP contribution < -0.4 is 5.32 Å². The number of aryl methyl sites for hydroxylation is 1. The van der Waals surface area contributed by atoms with E-state index in [2.05, 4.69) is 48.8 Å². The minimum absolute atomic E-state index is 0.0297. The van der Waals surface area contributed by atoms with Crippen LogP contribution in [0.15, 0.2) is 48.0 Å². The molecule has 2 aromatic heterocycles. The molecule has 0 aliphatic carbocycles. The minimum Gasteiger partial charge on any atom is -0.352 e. The van der Waals surface area contributed by atoms with Gasteiger partial charge in [-0.1, -0.05) is 36.8 Å². The minimum atomic E-state index is 0.0297. The summed E-state index contributed by atoms with van der Waals surface area (Å²) in [5, 5.41) is 6.00. The standard InChI is InChI=1S/C20H23N3OS/c1-4-15(3)21-19(24)12-23-11-5-6-18(23)20-22-17(13-25-20)16-9-7-14(2)8-10-16/h5-11,13,15H,4,12H2,1-3H3,(H,21,24)/t15-/m0/s1. The second kappa shape index (κ2) is 7.66. The number of hydrogen-bond acceptors (Lipinski definition) is 3. The van der Waals surface area contributed by atoms with Crippen molar-refractivity contribution in [3.05, 3.63) is 53.5 Å². The molecule has 25 heavy (non-hydrogen) atoms. The van der Waals surface area contributed by atoms with Gasteiger partial charge in [-0.3, -0.25) is 4.79 Å². The van der Waals surface area contributed by atoms with Gasteiger partial charge in [0, 0.05) is 23.2 Å². The first-order valence-electron chi connectivity index (χ1n) is 8.54. The lowest BCUT2D eigenvalue weighted by Crippen LogP contribution is -2.34. The molecule has 0 saturated carbocycles. The number of amides is 1. The van der Waals surface area contributed by atoms with E-state index in [1.807, 2.05) is 29.8 Å². The zero-order chi connectivity index (χ0) is 17.8. The highest BCUT2D eigenvalue weighted by atomic mass is 32.1. The van der Waals surface area contributed by atoms with Gasteiger partial charge in [0.25, 0.3) is 0 Å². The molecule has 3 aromatic rings. The Kier molecular flexibility index (Phi) is 5.34. The van der Waals surface area contributed by atoms with Gasteiger partial charge in [0.1, 0.15) is 11.6 Å². The summed E-state index contributed by atoms with van der Waals surface area (Å²) in [6.45, 7) is 6.47. The maximum absolute atomic E-state index is 12.2. The lowest BCUT2D eigenvalue weighted by atomic mass is 10.1. The fraction of sp³-hybridized carbons (Fsp3) is 0.300. The zero-order valence-corrected chi connectivity index (χ0v) is 15.6. The van der Waals surface area contributed by atoms with E-state index in [9.17, 15) is 4.79 Å². The average molecular weight is 353 g/mol. The molecule has 1 N–H and O–H groups in total. The predicted octanol–water partition coefficient (Wildman–Crippen LogP) is 4.50. The second-order valence-electron chi connectivity index (χ2n) is 6.30. The molecule has 0 spiro atoms. The number of nitrogens with zero attached hydrogens (tertiary/aromatic N) is 2. The largest absolute Gasteiger partial charge is 0.352 e. The van der Waals surface area contributed by atoms with Gasteiger partial charge in [0.15, 0.2) is 0 Å². The van der Waals surface area contributed by atoms with Crippen molar-refractivity contribution in [2.45, 2.75) is 39.8 Å². The molecule has 1 aromatic carbocycles. The van der Waals surface area contributed by atoms with Crippen LogP contribution in [0.4, 0.5) is 0 Å². The number of carbonyl (C=O) groups excluding carboxylic acids is 1. The lowest BCUT2D eigenvalue weighted by molar-refractivity contribution is -0.122. The molecule has 0 radical (unpaired) electrons. The number of hydrogen-bond donors (Lipinski definition) is 1. The van der Waals surface area contributed by atoms with Crippen molar-refractivity contribution in [3.8, 4) is 22.0 Å². The van der Waals surface area contributed by atoms with Gasteiger partial charge in [-0.15, -0.1) is 11.3 Å². The number of aromatic nitrogens is 2. The van der Waals surface area contributed by atoms with Crippen molar-refractivity contribution in [3.63, 3.8) is 0 Å². The van der Waals surface area contributed by atoms with Crippen LogP contribution in [0.3, 0.4) is 0 Å². The molecule has 2 heterocycles. The number of benzene rings is 1. The summed E-state index contributed by atoms with van der Waals surface area (Å²) in [6, 6.07) is 12.5. The van der Waals surface area contributed by atoms with E-state index < -0.39 is 0 Å². The van der Waals surface area contributed by atoms with E-state index in [1.165, 1.54) is 5.56 Å². The third-order valence-corrected chi connectivity index (χ3v) is 5.10. The SMILES string of the molecule is CC[C@H](C)NC(=O)Cn1cccc1-c1nc(-c2ccc(C)cc2)cs1. The highest BCUT2D eigenvalue weighted by Crippen LogP contribution is 2.29. The van der Waals surface area contributed by atoms with Gasteiger partial charge in [-0.25, -0.2) is 4.98 Å². The Hall–Kier alpha value is -2.40. The van der Waals surface area contributed by atoms with E-state index in [1.54, 1.807) is 11.3 Å². The second-order valence-corrected chi connectivity index (χ2v) is 7.16. The van der Waals surface area contributed by atoms with Gasteiger partial charge in [0.2, 0.25) is 5.91 Å². The summed E-state index contributed by atoms with van der Waals surface area (Å²) in [6.07, 6.45) is 2.86. The first-order chi connectivity index (χ1) is 12.1. The van der Waals surface area contributed by atoms with Crippen LogP contribution in [0, 0.1) is 6.92 Å². The van der Waals surface area contributed by atoms with Crippen molar-refractivity contribution in [1.82, 2.24) is 14.9 Å². The van der Waals surface area contributed by atoms with Crippen LogP contribution in [0.5, 0.6) is 0 Å². The third-order valence-electron chi connectivity index (χ3n) is 4.23. The normalized spacial score (nSPS) is 12.1. The molecule has 0 aliphatic rings. The van der Waals surface area contributed by atoms with Crippen LogP contribution in [0.1, 0.15) is 25.8 Å². The molecule has 3 rings (SSSR count). The molecule has 130 valence electrons. The molecule has 0 unspecified atom stereocenters. The monoisotopic (exact) mass is 353 g/mol. The Morgan fingerprint density at radius 2 is 2.04 bits per heavy atom. The van der Waals surface area contributed by atoms with Crippen molar-refractivity contribution < 1.29 is 4.79 Å². The summed E-state index contributed by atoms with van der Waals surface area (Å²) in [5.74, 6) is 0.0297. The molecular formula is C20H23N3OS. The maximum Gasteiger partial charge on any atom is 0.240 e. The predicted molar refractivity (Wildman–Crippen MR) is 104 cm³/mol. The van der Waals surface area contributed by atoms with Crippen LogP contribution in [-0.4, -0.2) is 21.5 Å². The highest BCUT2D eigenvalue weighted by molar-refractivity contribution is 7.13. The Bertz CT molecular complexity index is 848. The third kappa shape index (κ3) is 4.17. The molecule has 0 bridgehead atoms. The van der Waals surface area contributed by atoms with Gasteiger partial charge >= 0.3 is 0 Å². The smallest absolute Gasteiger partial charge is 0.240 e. The molecule has 0 saturated heterocycles. The molecule has 0 fully saturated rings. The molecule has 0 aliphatic heterocycles. The number of carbonyl (C=O) groups is 1. The van der Waals surface area contributed by atoms with E-state index in [0.717, 1.165) is 28.4 Å². The summed E-state index contributed by atoms with van der Waals surface area (Å²) >= 11 is 1.60. The van der Waals surface area contributed by atoms with Crippen LogP contribution >= 0.6 is 11.3 Å². The van der Waals surface area contributed by atoms with Crippen LogP contribution in [0.25, 0.3) is 22.0 Å². The number of nitrogens with one attached hydrogen (secondary N) is 1. The van der Waals surface area contributed by atoms with Gasteiger partial charge in [0.05, 0.1) is 11.4 Å². The number of thiazole rings is 1. The first-order valence-corrected chi connectivity index (χ1v) is 9.42. The topological polar surface area (TPSA) is 46.9 Å². The van der Waals surface area contributed by atoms with Crippen molar-refractivity contribution in [1.29, 1.82) is 0 Å². The first kappa shape index (κ1) is 17.4. The fourth-order valence-corrected chi connectivity index (χ4v) is 3.44. The van der Waals surface area contributed by atoms with E-state index in [0.29, 0.717) is 6.54 Å². The highest BCUT2D eigenvalue weighted by Gasteiger charge is 2.13. The lowest BCUT2D eigenvalue weighted by Gasteiger charge is -2.13. The zero-order valence-electron chi connectivity index (χ0n) is 14.8. The Labute approximate surface area is 152 Å². The van der Waals surface area contributed by atoms with Gasteiger partial charge in [-0.05, 0) is 32.4 Å². The van der Waals surface area contributed by atoms with E-state index in [-0.39, 0.29) is 11.9 Å².